The Morgan fingerprint density at radius 3 is 2.61 bits per heavy atom. The summed E-state index contributed by atoms with van der Waals surface area (Å²) in [6.07, 6.45) is 8.12. The van der Waals surface area contributed by atoms with Gasteiger partial charge in [0.25, 0.3) is 0 Å². The lowest BCUT2D eigenvalue weighted by Gasteiger charge is -2.23. The van der Waals surface area contributed by atoms with Gasteiger partial charge >= 0.3 is 0 Å². The number of rotatable bonds is 3. The van der Waals surface area contributed by atoms with Crippen molar-refractivity contribution in [2.45, 2.75) is 57.9 Å². The number of phenolic OH excluding ortho intramolecular Hbond substituents is 1. The van der Waals surface area contributed by atoms with E-state index in [1.54, 1.807) is 6.21 Å². The van der Waals surface area contributed by atoms with E-state index in [0.29, 0.717) is 11.7 Å². The Kier molecular flexibility index (Phi) is 4.40. The highest BCUT2D eigenvalue weighted by atomic mass is 16.3. The van der Waals surface area contributed by atoms with Gasteiger partial charge < -0.3 is 5.11 Å². The average molecular weight is 245 g/mol. The molecule has 1 saturated carbocycles. The molecule has 1 aromatic rings. The van der Waals surface area contributed by atoms with Crippen molar-refractivity contribution in [1.82, 2.24) is 0 Å². The van der Waals surface area contributed by atoms with Crippen LogP contribution in [0.3, 0.4) is 0 Å². The topological polar surface area (TPSA) is 32.6 Å². The molecular weight excluding hydrogens is 222 g/mol. The van der Waals surface area contributed by atoms with Crippen LogP contribution in [0.5, 0.6) is 5.75 Å². The Hall–Kier alpha value is -1.31. The maximum atomic E-state index is 10.4. The van der Waals surface area contributed by atoms with Crippen LogP contribution in [0.1, 0.15) is 63.0 Å². The zero-order valence-electron chi connectivity index (χ0n) is 11.4. The summed E-state index contributed by atoms with van der Waals surface area (Å²) in [7, 11) is 0. The average Bonchev–Trinajstić information content (AvgIpc) is 2.38. The first kappa shape index (κ1) is 13.1. The molecule has 0 aromatic heterocycles. The van der Waals surface area contributed by atoms with Crippen molar-refractivity contribution in [3.05, 3.63) is 29.3 Å². The standard InChI is InChI=1S/C16H23NO/c1-12(2)17-11-14-9-6-10-15(16(14)18)13-7-4-3-5-8-13/h6,9-13,18H,3-5,7-8H2,1-2H3. The first-order valence-corrected chi connectivity index (χ1v) is 7.03. The van der Waals surface area contributed by atoms with E-state index >= 15 is 0 Å². The highest BCUT2D eigenvalue weighted by Crippen LogP contribution is 2.37. The van der Waals surface area contributed by atoms with Gasteiger partial charge in [0.2, 0.25) is 0 Å². The van der Waals surface area contributed by atoms with Crippen LogP contribution in [0.4, 0.5) is 0 Å². The van der Waals surface area contributed by atoms with E-state index in [1.165, 1.54) is 32.1 Å². The normalized spacial score (nSPS) is 17.7. The van der Waals surface area contributed by atoms with Gasteiger partial charge in [0.05, 0.1) is 0 Å². The molecular formula is C16H23NO. The zero-order valence-corrected chi connectivity index (χ0v) is 11.4. The van der Waals surface area contributed by atoms with E-state index in [4.69, 9.17) is 0 Å². The van der Waals surface area contributed by atoms with E-state index in [-0.39, 0.29) is 6.04 Å². The summed E-state index contributed by atoms with van der Waals surface area (Å²) in [5.74, 6) is 0.972. The molecule has 2 rings (SSSR count). The lowest BCUT2D eigenvalue weighted by atomic mass is 9.83. The third-order valence-electron chi connectivity index (χ3n) is 3.66. The molecule has 1 aromatic carbocycles. The first-order valence-electron chi connectivity index (χ1n) is 7.03. The molecule has 0 saturated heterocycles. The van der Waals surface area contributed by atoms with Crippen LogP contribution in [-0.2, 0) is 0 Å². The summed E-state index contributed by atoms with van der Waals surface area (Å²) in [6, 6.07) is 6.31. The van der Waals surface area contributed by atoms with E-state index in [2.05, 4.69) is 11.1 Å². The number of para-hydroxylation sites is 1. The monoisotopic (exact) mass is 245 g/mol. The van der Waals surface area contributed by atoms with Crippen LogP contribution in [0.2, 0.25) is 0 Å². The third kappa shape index (κ3) is 3.12. The Morgan fingerprint density at radius 2 is 1.94 bits per heavy atom. The third-order valence-corrected chi connectivity index (χ3v) is 3.66. The number of aliphatic imine (C=N–C) groups is 1. The van der Waals surface area contributed by atoms with Crippen LogP contribution in [-0.4, -0.2) is 17.4 Å². The van der Waals surface area contributed by atoms with Crippen molar-refractivity contribution in [1.29, 1.82) is 0 Å². The van der Waals surface area contributed by atoms with Crippen molar-refractivity contribution >= 4 is 6.21 Å². The lowest BCUT2D eigenvalue weighted by Crippen LogP contribution is -2.05. The van der Waals surface area contributed by atoms with E-state index in [9.17, 15) is 5.11 Å². The summed E-state index contributed by atoms with van der Waals surface area (Å²) in [4.78, 5) is 4.36. The van der Waals surface area contributed by atoms with Crippen LogP contribution < -0.4 is 0 Å². The fourth-order valence-electron chi connectivity index (χ4n) is 2.66. The van der Waals surface area contributed by atoms with Crippen molar-refractivity contribution in [2.24, 2.45) is 4.99 Å². The van der Waals surface area contributed by atoms with Gasteiger partial charge in [0, 0.05) is 17.8 Å². The largest absolute Gasteiger partial charge is 0.507 e. The second kappa shape index (κ2) is 6.03. The van der Waals surface area contributed by atoms with Gasteiger partial charge in [-0.2, -0.15) is 0 Å². The molecule has 1 aliphatic carbocycles. The van der Waals surface area contributed by atoms with Crippen LogP contribution >= 0.6 is 0 Å². The van der Waals surface area contributed by atoms with E-state index < -0.39 is 0 Å². The molecule has 0 bridgehead atoms. The molecule has 0 aliphatic heterocycles. The Bertz CT molecular complexity index is 417. The zero-order chi connectivity index (χ0) is 13.0. The van der Waals surface area contributed by atoms with Gasteiger partial charge in [-0.05, 0) is 44.2 Å². The molecule has 2 heteroatoms. The second-order valence-electron chi connectivity index (χ2n) is 5.49. The Morgan fingerprint density at radius 1 is 1.22 bits per heavy atom. The van der Waals surface area contributed by atoms with Crippen LogP contribution in [0.25, 0.3) is 0 Å². The smallest absolute Gasteiger partial charge is 0.127 e. The van der Waals surface area contributed by atoms with Crippen LogP contribution in [0.15, 0.2) is 23.2 Å². The van der Waals surface area contributed by atoms with Gasteiger partial charge in [-0.25, -0.2) is 0 Å². The van der Waals surface area contributed by atoms with Gasteiger partial charge in [0.1, 0.15) is 5.75 Å². The highest BCUT2D eigenvalue weighted by molar-refractivity contribution is 5.84. The summed E-state index contributed by atoms with van der Waals surface area (Å²) in [6.45, 7) is 4.08. The molecule has 1 N–H and O–H groups in total. The molecule has 18 heavy (non-hydrogen) atoms. The number of phenols is 1. The van der Waals surface area contributed by atoms with E-state index in [0.717, 1.165) is 11.1 Å². The SMILES string of the molecule is CC(C)N=Cc1cccc(C2CCCCC2)c1O. The van der Waals surface area contributed by atoms with Crippen molar-refractivity contribution in [2.75, 3.05) is 0 Å². The Labute approximate surface area is 110 Å². The number of aromatic hydroxyl groups is 1. The predicted octanol–water partition coefficient (Wildman–Crippen LogP) is 4.27. The van der Waals surface area contributed by atoms with Gasteiger partial charge in [-0.3, -0.25) is 4.99 Å². The molecule has 0 atom stereocenters. The van der Waals surface area contributed by atoms with Gasteiger partial charge in [-0.15, -0.1) is 0 Å². The first-order chi connectivity index (χ1) is 8.68. The predicted molar refractivity (Wildman–Crippen MR) is 76.7 cm³/mol. The minimum absolute atomic E-state index is 0.266. The number of benzene rings is 1. The fraction of sp³-hybridized carbons (Fsp3) is 0.562. The molecule has 0 unspecified atom stereocenters. The van der Waals surface area contributed by atoms with Crippen LogP contribution in [0, 0.1) is 0 Å². The minimum atomic E-state index is 0.266. The molecule has 0 amide bonds. The number of nitrogens with zero attached hydrogens (tertiary/aromatic N) is 1. The van der Waals surface area contributed by atoms with E-state index in [1.807, 2.05) is 26.0 Å². The quantitative estimate of drug-likeness (QED) is 0.793. The maximum Gasteiger partial charge on any atom is 0.127 e. The fourth-order valence-corrected chi connectivity index (χ4v) is 2.66. The molecule has 1 aliphatic rings. The molecule has 1 fully saturated rings. The molecule has 2 nitrogen and oxygen atoms in total. The second-order valence-corrected chi connectivity index (χ2v) is 5.49. The van der Waals surface area contributed by atoms with Crippen molar-refractivity contribution in [3.8, 4) is 5.75 Å². The molecule has 0 spiro atoms. The molecule has 98 valence electrons. The summed E-state index contributed by atoms with van der Waals surface area (Å²) in [5, 5.41) is 10.4. The van der Waals surface area contributed by atoms with Crippen molar-refractivity contribution < 1.29 is 5.11 Å². The maximum absolute atomic E-state index is 10.4. The molecule has 0 heterocycles. The van der Waals surface area contributed by atoms with Gasteiger partial charge in [0.15, 0.2) is 0 Å². The summed E-state index contributed by atoms with van der Waals surface area (Å²) >= 11 is 0. The number of hydrogen-bond donors (Lipinski definition) is 1. The molecule has 0 radical (unpaired) electrons. The number of hydrogen-bond acceptors (Lipinski definition) is 2. The summed E-state index contributed by atoms with van der Waals surface area (Å²) < 4.78 is 0. The van der Waals surface area contributed by atoms with Crippen molar-refractivity contribution in [3.63, 3.8) is 0 Å². The van der Waals surface area contributed by atoms with Gasteiger partial charge in [-0.1, -0.05) is 31.4 Å². The lowest BCUT2D eigenvalue weighted by molar-refractivity contribution is 0.414. The highest BCUT2D eigenvalue weighted by Gasteiger charge is 2.19. The Balaban J connectivity index is 2.23. The summed E-state index contributed by atoms with van der Waals surface area (Å²) in [5.41, 5.74) is 1.97. The minimum Gasteiger partial charge on any atom is -0.507 e.